The maximum absolute atomic E-state index is 10.9. The van der Waals surface area contributed by atoms with Crippen LogP contribution in [-0.4, -0.2) is 36.3 Å². The molecule has 25 heavy (non-hydrogen) atoms. The Kier molecular flexibility index (Phi) is 5.80. The average Bonchev–Trinajstić information content (AvgIpc) is 3.17. The summed E-state index contributed by atoms with van der Waals surface area (Å²) >= 11 is 3.50. The minimum atomic E-state index is -0.300. The highest BCUT2D eigenvalue weighted by Gasteiger charge is 2.25. The number of carbonyl (C=O) groups excluding carboxylic acids is 2. The lowest BCUT2D eigenvalue weighted by molar-refractivity contribution is 0.0879. The fourth-order valence-corrected chi connectivity index (χ4v) is 4.28. The number of nitrogens with one attached hydrogen (secondary N) is 1. The van der Waals surface area contributed by atoms with Crippen LogP contribution in [0.1, 0.15) is 20.7 Å². The van der Waals surface area contributed by atoms with Crippen LogP contribution >= 0.6 is 23.1 Å². The van der Waals surface area contributed by atoms with Crippen molar-refractivity contribution in [3.63, 3.8) is 0 Å². The van der Waals surface area contributed by atoms with Crippen molar-refractivity contribution in [1.82, 2.24) is 10.3 Å². The molecule has 4 rings (SSSR count). The van der Waals surface area contributed by atoms with Crippen LogP contribution < -0.4 is 5.32 Å². The fraction of sp³-hybridized carbons (Fsp3) is 0.167. The van der Waals surface area contributed by atoms with Gasteiger partial charge in [0.2, 0.25) is 0 Å². The average molecular weight is 372 g/mol. The Morgan fingerprint density at radius 3 is 2.32 bits per heavy atom. The molecule has 128 valence electrons. The van der Waals surface area contributed by atoms with Gasteiger partial charge in [-0.05, 0) is 24.3 Å². The summed E-state index contributed by atoms with van der Waals surface area (Å²) in [6.07, 6.45) is 0. The molecule has 0 radical (unpaired) electrons. The minimum Gasteiger partial charge on any atom is -0.384 e. The van der Waals surface area contributed by atoms with Crippen LogP contribution in [0, 0.1) is 0 Å². The number of ether oxygens (including phenoxy) is 1. The molecule has 7 heteroatoms. The zero-order valence-electron chi connectivity index (χ0n) is 13.5. The van der Waals surface area contributed by atoms with Gasteiger partial charge in [0.1, 0.15) is 0 Å². The van der Waals surface area contributed by atoms with Crippen LogP contribution in [0.5, 0.6) is 0 Å². The molecular formula is C18H16N2O3S2. The first-order chi connectivity index (χ1) is 12.2. The number of imide groups is 1. The van der Waals surface area contributed by atoms with E-state index >= 15 is 0 Å². The summed E-state index contributed by atoms with van der Waals surface area (Å²) < 4.78 is 7.38. The monoisotopic (exact) mass is 372 g/mol. The van der Waals surface area contributed by atoms with E-state index < -0.39 is 0 Å². The molecule has 0 spiro atoms. The number of rotatable bonds is 4. The van der Waals surface area contributed by atoms with Gasteiger partial charge in [-0.25, -0.2) is 4.98 Å². The second-order valence-corrected chi connectivity index (χ2v) is 7.49. The van der Waals surface area contributed by atoms with E-state index in [-0.39, 0.29) is 11.8 Å². The smallest absolute Gasteiger partial charge is 0.258 e. The molecule has 0 unspecified atom stereocenters. The van der Waals surface area contributed by atoms with Crippen molar-refractivity contribution in [1.29, 1.82) is 0 Å². The van der Waals surface area contributed by atoms with Gasteiger partial charge < -0.3 is 4.74 Å². The number of nitrogens with zero attached hydrogens (tertiary/aromatic N) is 1. The Hall–Kier alpha value is -2.22. The number of thioether (sulfide) groups is 1. The third-order valence-electron chi connectivity index (χ3n) is 3.43. The summed E-state index contributed by atoms with van der Waals surface area (Å²) in [6, 6.07) is 15.0. The van der Waals surface area contributed by atoms with Crippen molar-refractivity contribution in [2.24, 2.45) is 0 Å². The van der Waals surface area contributed by atoms with Gasteiger partial charge in [-0.2, -0.15) is 0 Å². The van der Waals surface area contributed by atoms with Crippen molar-refractivity contribution in [3.05, 3.63) is 59.7 Å². The molecule has 0 bridgehead atoms. The summed E-state index contributed by atoms with van der Waals surface area (Å²) in [6.45, 7) is 0.778. The molecule has 1 N–H and O–H groups in total. The number of methoxy groups -OCH3 is 1. The van der Waals surface area contributed by atoms with Crippen LogP contribution in [0.4, 0.5) is 0 Å². The number of thiazole rings is 1. The maximum Gasteiger partial charge on any atom is 0.258 e. The van der Waals surface area contributed by atoms with Crippen LogP contribution in [-0.2, 0) is 4.74 Å². The van der Waals surface area contributed by atoms with E-state index in [2.05, 4.69) is 16.4 Å². The Bertz CT molecular complexity index is 842. The summed E-state index contributed by atoms with van der Waals surface area (Å²) in [7, 11) is 1.72. The Balaban J connectivity index is 0.000000150. The van der Waals surface area contributed by atoms with Crippen LogP contribution in [0.15, 0.2) is 52.9 Å². The van der Waals surface area contributed by atoms with E-state index in [1.165, 1.54) is 4.70 Å². The van der Waals surface area contributed by atoms with E-state index in [0.717, 1.165) is 22.2 Å². The van der Waals surface area contributed by atoms with Gasteiger partial charge in [0.05, 0.1) is 28.0 Å². The molecule has 2 aromatic carbocycles. The van der Waals surface area contributed by atoms with Crippen molar-refractivity contribution in [2.45, 2.75) is 4.34 Å². The standard InChI is InChI=1S/C10H11NOS2.C8H5NO2/c1-12-6-7-13-10-11-8-4-2-3-5-9(8)14-10;10-7-5-3-1-2-4-6(5)8(11)9-7/h2-5H,6-7H2,1H3;1-4H,(H,9,10,11). The number of benzene rings is 2. The number of hydrogen-bond acceptors (Lipinski definition) is 6. The van der Waals surface area contributed by atoms with E-state index in [1.54, 1.807) is 54.5 Å². The lowest BCUT2D eigenvalue weighted by Gasteiger charge is -1.94. The first-order valence-electron chi connectivity index (χ1n) is 7.61. The molecular weight excluding hydrogens is 356 g/mol. The molecule has 3 aromatic rings. The summed E-state index contributed by atoms with van der Waals surface area (Å²) in [5.41, 5.74) is 2.03. The van der Waals surface area contributed by atoms with E-state index in [9.17, 15) is 9.59 Å². The fourth-order valence-electron chi connectivity index (χ4n) is 2.24. The minimum absolute atomic E-state index is 0.300. The quantitative estimate of drug-likeness (QED) is 0.430. The van der Waals surface area contributed by atoms with Crippen molar-refractivity contribution >= 4 is 45.1 Å². The molecule has 0 saturated heterocycles. The Morgan fingerprint density at radius 1 is 1.04 bits per heavy atom. The van der Waals surface area contributed by atoms with Crippen LogP contribution in [0.2, 0.25) is 0 Å². The Morgan fingerprint density at radius 2 is 1.68 bits per heavy atom. The third-order valence-corrected chi connectivity index (χ3v) is 5.57. The number of carbonyl (C=O) groups is 2. The molecule has 1 aliphatic rings. The van der Waals surface area contributed by atoms with Crippen molar-refractivity contribution < 1.29 is 14.3 Å². The van der Waals surface area contributed by atoms with Gasteiger partial charge in [-0.3, -0.25) is 14.9 Å². The number of amides is 2. The summed E-state index contributed by atoms with van der Waals surface area (Å²) in [5.74, 6) is 0.368. The summed E-state index contributed by atoms with van der Waals surface area (Å²) in [4.78, 5) is 26.4. The number of aromatic nitrogens is 1. The predicted octanol–water partition coefficient (Wildman–Crippen LogP) is 3.61. The molecule has 0 saturated carbocycles. The van der Waals surface area contributed by atoms with Crippen molar-refractivity contribution in [3.8, 4) is 0 Å². The largest absolute Gasteiger partial charge is 0.384 e. The Labute approximate surface area is 153 Å². The third kappa shape index (κ3) is 4.25. The van der Waals surface area contributed by atoms with Gasteiger partial charge in [0.15, 0.2) is 4.34 Å². The molecule has 0 aliphatic carbocycles. The molecule has 0 fully saturated rings. The first kappa shape index (κ1) is 17.6. The summed E-state index contributed by atoms with van der Waals surface area (Å²) in [5, 5.41) is 2.20. The lowest BCUT2D eigenvalue weighted by Crippen LogP contribution is -2.19. The zero-order valence-corrected chi connectivity index (χ0v) is 15.2. The molecule has 5 nitrogen and oxygen atoms in total. The molecule has 1 aliphatic heterocycles. The normalized spacial score (nSPS) is 12.5. The van der Waals surface area contributed by atoms with Gasteiger partial charge in [-0.15, -0.1) is 11.3 Å². The van der Waals surface area contributed by atoms with Gasteiger partial charge in [0, 0.05) is 12.9 Å². The number of para-hydroxylation sites is 1. The van der Waals surface area contributed by atoms with Gasteiger partial charge in [-0.1, -0.05) is 36.0 Å². The van der Waals surface area contributed by atoms with E-state index in [0.29, 0.717) is 11.1 Å². The highest BCUT2D eigenvalue weighted by molar-refractivity contribution is 8.01. The topological polar surface area (TPSA) is 68.3 Å². The lowest BCUT2D eigenvalue weighted by atomic mass is 10.1. The second kappa shape index (κ2) is 8.24. The van der Waals surface area contributed by atoms with Gasteiger partial charge in [0.25, 0.3) is 11.8 Å². The van der Waals surface area contributed by atoms with E-state index in [1.807, 2.05) is 18.2 Å². The maximum atomic E-state index is 10.9. The van der Waals surface area contributed by atoms with E-state index in [4.69, 9.17) is 4.74 Å². The van der Waals surface area contributed by atoms with Crippen LogP contribution in [0.25, 0.3) is 10.2 Å². The zero-order chi connectivity index (χ0) is 17.6. The predicted molar refractivity (Wildman–Crippen MR) is 100 cm³/mol. The highest BCUT2D eigenvalue weighted by Crippen LogP contribution is 2.28. The van der Waals surface area contributed by atoms with Crippen LogP contribution in [0.3, 0.4) is 0 Å². The molecule has 2 heterocycles. The highest BCUT2D eigenvalue weighted by atomic mass is 32.2. The van der Waals surface area contributed by atoms with Gasteiger partial charge >= 0.3 is 0 Å². The molecule has 0 atom stereocenters. The number of fused-ring (bicyclic) bond motifs is 2. The SMILES string of the molecule is COCCSc1nc2ccccc2s1.O=C1NC(=O)c2ccccc21. The second-order valence-electron chi connectivity index (χ2n) is 5.12. The number of hydrogen-bond donors (Lipinski definition) is 1. The van der Waals surface area contributed by atoms with Crippen molar-refractivity contribution in [2.75, 3.05) is 19.5 Å². The molecule has 2 amide bonds. The first-order valence-corrected chi connectivity index (χ1v) is 9.41. The molecule has 1 aromatic heterocycles.